The Balaban J connectivity index is 1.73. The number of likely N-dealkylation sites (N-methyl/N-ethyl adjacent to an activating group) is 2. The fourth-order valence-electron chi connectivity index (χ4n) is 3.32. The number of benzene rings is 1. The average Bonchev–Trinajstić information content (AvgIpc) is 2.87. The summed E-state index contributed by atoms with van der Waals surface area (Å²) in [5.74, 6) is 0.175. The first-order valence-electron chi connectivity index (χ1n) is 11.6. The number of nitrogens with zero attached hydrogens (tertiary/aromatic N) is 5. The zero-order valence-electron chi connectivity index (χ0n) is 21.7. The zero-order chi connectivity index (χ0) is 27.1. The Morgan fingerprint density at radius 3 is 2.30 bits per heavy atom. The van der Waals surface area contributed by atoms with Crippen molar-refractivity contribution in [3.8, 4) is 11.1 Å². The van der Waals surface area contributed by atoms with Crippen molar-refractivity contribution >= 4 is 40.5 Å². The summed E-state index contributed by atoms with van der Waals surface area (Å²) in [7, 11) is 9.26. The van der Waals surface area contributed by atoms with Crippen molar-refractivity contribution in [3.05, 3.63) is 60.6 Å². The molecular formula is C26H33N9O2. The van der Waals surface area contributed by atoms with Crippen molar-refractivity contribution in [2.24, 2.45) is 0 Å². The number of urea groups is 1. The van der Waals surface area contributed by atoms with Crippen LogP contribution in [0.25, 0.3) is 11.1 Å². The molecule has 0 spiro atoms. The first-order valence-corrected chi connectivity index (χ1v) is 11.6. The van der Waals surface area contributed by atoms with Crippen LogP contribution < -0.4 is 21.3 Å². The number of hydrogen-bond donors (Lipinski definition) is 4. The lowest BCUT2D eigenvalue weighted by molar-refractivity contribution is -0.110. The van der Waals surface area contributed by atoms with E-state index in [0.717, 1.165) is 18.9 Å². The van der Waals surface area contributed by atoms with Gasteiger partial charge in [0, 0.05) is 57.2 Å². The van der Waals surface area contributed by atoms with Crippen LogP contribution in [0.3, 0.4) is 0 Å². The second-order valence-electron chi connectivity index (χ2n) is 9.05. The number of rotatable bonds is 9. The first-order chi connectivity index (χ1) is 17.5. The minimum Gasteiger partial charge on any atom is -0.398 e. The monoisotopic (exact) mass is 503 g/mol. The Bertz CT molecular complexity index is 1270. The summed E-state index contributed by atoms with van der Waals surface area (Å²) in [5.41, 5.74) is 8.80. The molecule has 5 N–H and O–H groups in total. The molecule has 1 aromatic carbocycles. The molecule has 0 saturated carbocycles. The molecule has 3 amide bonds. The maximum atomic E-state index is 12.8. The van der Waals surface area contributed by atoms with Gasteiger partial charge in [-0.3, -0.25) is 15.2 Å². The van der Waals surface area contributed by atoms with E-state index in [1.165, 1.54) is 11.1 Å². The minimum absolute atomic E-state index is 0.280. The average molecular weight is 504 g/mol. The Hall–Kier alpha value is -4.51. The number of carbonyl (C=O) groups excluding carboxylic acids is 2. The molecule has 0 aliphatic carbocycles. The molecule has 0 aliphatic heterocycles. The van der Waals surface area contributed by atoms with Crippen molar-refractivity contribution in [2.45, 2.75) is 0 Å². The number of nitrogens with one attached hydrogen (secondary N) is 3. The SMILES string of the molecule is CN(C)CCN(C)c1ccc(NC(=O)C(=N)c2cc(-c3cncc(NC(=O)N(C)C)c3)ccc2N)cn1. The molecule has 0 bridgehead atoms. The zero-order valence-corrected chi connectivity index (χ0v) is 21.7. The van der Waals surface area contributed by atoms with E-state index in [2.05, 4.69) is 25.5 Å². The van der Waals surface area contributed by atoms with E-state index in [4.69, 9.17) is 11.1 Å². The summed E-state index contributed by atoms with van der Waals surface area (Å²) in [5, 5.41) is 13.9. The van der Waals surface area contributed by atoms with Gasteiger partial charge < -0.3 is 31.1 Å². The molecule has 0 unspecified atom stereocenters. The van der Waals surface area contributed by atoms with Gasteiger partial charge in [0.05, 0.1) is 23.8 Å². The van der Waals surface area contributed by atoms with Crippen LogP contribution >= 0.6 is 0 Å². The second-order valence-corrected chi connectivity index (χ2v) is 9.05. The normalized spacial score (nSPS) is 10.6. The van der Waals surface area contributed by atoms with Gasteiger partial charge in [-0.1, -0.05) is 6.07 Å². The lowest BCUT2D eigenvalue weighted by atomic mass is 10.00. The van der Waals surface area contributed by atoms with Crippen LogP contribution in [0.5, 0.6) is 0 Å². The van der Waals surface area contributed by atoms with E-state index in [9.17, 15) is 9.59 Å². The summed E-state index contributed by atoms with van der Waals surface area (Å²) in [6.45, 7) is 1.70. The summed E-state index contributed by atoms with van der Waals surface area (Å²) >= 11 is 0. The molecule has 2 aromatic heterocycles. The van der Waals surface area contributed by atoms with Crippen molar-refractivity contribution < 1.29 is 9.59 Å². The number of aromatic nitrogens is 2. The third kappa shape index (κ3) is 7.24. The van der Waals surface area contributed by atoms with Crippen LogP contribution in [0.1, 0.15) is 5.56 Å². The Morgan fingerprint density at radius 1 is 0.892 bits per heavy atom. The molecule has 3 rings (SSSR count). The third-order valence-corrected chi connectivity index (χ3v) is 5.56. The quantitative estimate of drug-likeness (QED) is 0.260. The molecule has 0 atom stereocenters. The highest BCUT2D eigenvalue weighted by Gasteiger charge is 2.17. The minimum atomic E-state index is -0.607. The molecule has 0 radical (unpaired) electrons. The highest BCUT2D eigenvalue weighted by molar-refractivity contribution is 6.48. The molecule has 11 heteroatoms. The van der Waals surface area contributed by atoms with E-state index in [1.807, 2.05) is 32.1 Å². The standard InChI is InChI=1S/C26H33N9O2/c1-33(2)10-11-35(5)23-9-7-19(16-30-23)31-25(36)24(28)21-13-17(6-8-22(21)27)18-12-20(15-29-14-18)32-26(37)34(3)4/h6-9,12-16,28H,10-11,27H2,1-5H3,(H,31,36)(H,32,37). The summed E-state index contributed by atoms with van der Waals surface area (Å²) in [4.78, 5) is 38.9. The first kappa shape index (κ1) is 27.1. The van der Waals surface area contributed by atoms with E-state index >= 15 is 0 Å². The van der Waals surface area contributed by atoms with Crippen LogP contribution in [-0.4, -0.2) is 85.7 Å². The largest absolute Gasteiger partial charge is 0.398 e. The van der Waals surface area contributed by atoms with Crippen LogP contribution in [0.2, 0.25) is 0 Å². The van der Waals surface area contributed by atoms with Crippen molar-refractivity contribution in [1.82, 2.24) is 19.8 Å². The predicted molar refractivity (Wildman–Crippen MR) is 148 cm³/mol. The van der Waals surface area contributed by atoms with Crippen LogP contribution in [0.15, 0.2) is 55.0 Å². The Morgan fingerprint density at radius 2 is 1.65 bits per heavy atom. The van der Waals surface area contributed by atoms with Gasteiger partial charge in [-0.25, -0.2) is 9.78 Å². The Kier molecular flexibility index (Phi) is 8.75. The summed E-state index contributed by atoms with van der Waals surface area (Å²) < 4.78 is 0. The molecule has 37 heavy (non-hydrogen) atoms. The fourth-order valence-corrected chi connectivity index (χ4v) is 3.32. The summed E-state index contributed by atoms with van der Waals surface area (Å²) in [6.07, 6.45) is 4.73. The highest BCUT2D eigenvalue weighted by Crippen LogP contribution is 2.26. The molecule has 2 heterocycles. The third-order valence-electron chi connectivity index (χ3n) is 5.56. The molecular weight excluding hydrogens is 470 g/mol. The van der Waals surface area contributed by atoms with Crippen LogP contribution in [-0.2, 0) is 4.79 Å². The molecule has 0 saturated heterocycles. The van der Waals surface area contributed by atoms with Gasteiger partial charge in [0.15, 0.2) is 0 Å². The van der Waals surface area contributed by atoms with Crippen LogP contribution in [0, 0.1) is 5.41 Å². The Labute approximate surface area is 216 Å². The molecule has 3 aromatic rings. The van der Waals surface area contributed by atoms with E-state index in [-0.39, 0.29) is 17.3 Å². The van der Waals surface area contributed by atoms with Gasteiger partial charge in [-0.15, -0.1) is 0 Å². The van der Waals surface area contributed by atoms with Gasteiger partial charge >= 0.3 is 6.03 Å². The van der Waals surface area contributed by atoms with Gasteiger partial charge in [-0.05, 0) is 50.0 Å². The maximum absolute atomic E-state index is 12.8. The number of nitrogens with two attached hydrogens (primary N) is 1. The smallest absolute Gasteiger partial charge is 0.321 e. The molecule has 11 nitrogen and oxygen atoms in total. The summed E-state index contributed by atoms with van der Waals surface area (Å²) in [6, 6.07) is 10.1. The van der Waals surface area contributed by atoms with Crippen molar-refractivity contribution in [3.63, 3.8) is 0 Å². The van der Waals surface area contributed by atoms with E-state index in [1.54, 1.807) is 56.8 Å². The van der Waals surface area contributed by atoms with E-state index < -0.39 is 5.91 Å². The number of hydrogen-bond acceptors (Lipinski definition) is 8. The highest BCUT2D eigenvalue weighted by atomic mass is 16.2. The van der Waals surface area contributed by atoms with Gasteiger partial charge in [0.2, 0.25) is 0 Å². The van der Waals surface area contributed by atoms with E-state index in [0.29, 0.717) is 28.2 Å². The van der Waals surface area contributed by atoms with Crippen molar-refractivity contribution in [2.75, 3.05) is 69.6 Å². The van der Waals surface area contributed by atoms with Gasteiger partial charge in [-0.2, -0.15) is 0 Å². The topological polar surface area (TPSA) is 144 Å². The number of nitrogen functional groups attached to an aromatic ring is 1. The molecule has 0 fully saturated rings. The fraction of sp³-hybridized carbons (Fsp3) is 0.269. The lowest BCUT2D eigenvalue weighted by Crippen LogP contribution is -2.29. The number of pyridine rings is 2. The molecule has 0 aliphatic rings. The van der Waals surface area contributed by atoms with Crippen molar-refractivity contribution in [1.29, 1.82) is 5.41 Å². The number of carbonyl (C=O) groups is 2. The van der Waals surface area contributed by atoms with Crippen LogP contribution in [0.4, 0.5) is 27.7 Å². The maximum Gasteiger partial charge on any atom is 0.321 e. The molecule has 194 valence electrons. The lowest BCUT2D eigenvalue weighted by Gasteiger charge is -2.20. The predicted octanol–water partition coefficient (Wildman–Crippen LogP) is 2.82. The number of amides is 3. The number of anilines is 4. The van der Waals surface area contributed by atoms with Gasteiger partial charge in [0.1, 0.15) is 11.5 Å². The second kappa shape index (κ2) is 12.0. The van der Waals surface area contributed by atoms with Gasteiger partial charge in [0.25, 0.3) is 5.91 Å².